The number of nitrogens with zero attached hydrogens (tertiary/aromatic N) is 5. The fraction of sp³-hybridized carbons (Fsp3) is 0.583. The van der Waals surface area contributed by atoms with E-state index in [9.17, 15) is 8.78 Å². The molecule has 1 aromatic rings. The van der Waals surface area contributed by atoms with Gasteiger partial charge in [0.2, 0.25) is 0 Å². The van der Waals surface area contributed by atoms with Gasteiger partial charge in [0.25, 0.3) is 5.92 Å². The van der Waals surface area contributed by atoms with E-state index in [0.717, 1.165) is 0 Å². The van der Waals surface area contributed by atoms with E-state index >= 15 is 0 Å². The highest BCUT2D eigenvalue weighted by molar-refractivity contribution is 5.37. The van der Waals surface area contributed by atoms with Crippen LogP contribution in [0.25, 0.3) is 0 Å². The number of aliphatic hydroxyl groups excluding tert-OH is 1. The second-order valence-electron chi connectivity index (χ2n) is 4.65. The molecule has 0 atom stereocenters. The van der Waals surface area contributed by atoms with Crippen molar-refractivity contribution in [1.82, 2.24) is 14.9 Å². The van der Waals surface area contributed by atoms with E-state index in [1.165, 1.54) is 12.4 Å². The largest absolute Gasteiger partial charge is 0.390 e. The minimum absolute atomic E-state index is 0.245. The van der Waals surface area contributed by atoms with Crippen LogP contribution in [-0.2, 0) is 0 Å². The average molecular weight is 283 g/mol. The molecule has 1 aliphatic rings. The third-order valence-electron chi connectivity index (χ3n) is 3.14. The van der Waals surface area contributed by atoms with Crippen LogP contribution in [0.15, 0.2) is 12.4 Å². The lowest BCUT2D eigenvalue weighted by Crippen LogP contribution is -2.50. The van der Waals surface area contributed by atoms with Gasteiger partial charge in [0.05, 0.1) is 18.9 Å². The summed E-state index contributed by atoms with van der Waals surface area (Å²) in [4.78, 5) is 11.6. The Morgan fingerprint density at radius 1 is 1.25 bits per heavy atom. The van der Waals surface area contributed by atoms with E-state index in [1.807, 2.05) is 11.0 Å². The molecule has 2 rings (SSSR count). The molecule has 1 aromatic heterocycles. The van der Waals surface area contributed by atoms with Gasteiger partial charge in [-0.2, -0.15) is 5.26 Å². The summed E-state index contributed by atoms with van der Waals surface area (Å²) in [7, 11) is 0. The maximum Gasteiger partial charge on any atom is 0.283 e. The number of hydrogen-bond acceptors (Lipinski definition) is 6. The van der Waals surface area contributed by atoms with Gasteiger partial charge < -0.3 is 10.0 Å². The molecular formula is C12H15F2N5O. The lowest BCUT2D eigenvalue weighted by Gasteiger charge is -2.36. The zero-order valence-electron chi connectivity index (χ0n) is 10.8. The first kappa shape index (κ1) is 14.6. The quantitative estimate of drug-likeness (QED) is 0.844. The van der Waals surface area contributed by atoms with Gasteiger partial charge in [-0.1, -0.05) is 0 Å². The Balaban J connectivity index is 1.89. The van der Waals surface area contributed by atoms with Crippen molar-refractivity contribution in [3.63, 3.8) is 0 Å². The van der Waals surface area contributed by atoms with E-state index in [4.69, 9.17) is 10.4 Å². The third-order valence-corrected chi connectivity index (χ3v) is 3.14. The molecular weight excluding hydrogens is 268 g/mol. The molecule has 6 nitrogen and oxygen atoms in total. The summed E-state index contributed by atoms with van der Waals surface area (Å²) >= 11 is 0. The van der Waals surface area contributed by atoms with Crippen LogP contribution in [0.4, 0.5) is 14.6 Å². The van der Waals surface area contributed by atoms with Crippen LogP contribution in [0.2, 0.25) is 0 Å². The number of aromatic nitrogens is 2. The monoisotopic (exact) mass is 283 g/mol. The summed E-state index contributed by atoms with van der Waals surface area (Å²) in [5, 5.41) is 17.2. The molecule has 0 spiro atoms. The molecule has 0 radical (unpaired) electrons. The number of hydrogen-bond donors (Lipinski definition) is 1. The second kappa shape index (κ2) is 6.07. The molecule has 0 aliphatic carbocycles. The lowest BCUT2D eigenvalue weighted by molar-refractivity contribution is -0.0733. The van der Waals surface area contributed by atoms with Gasteiger partial charge in [0, 0.05) is 26.2 Å². The standard InChI is InChI=1S/C12H15F2N5O/c13-12(14,9-20)8-18-1-3-19(4-2-18)11-7-16-10(5-15)6-17-11/h6-7,20H,1-4,8-9H2. The third kappa shape index (κ3) is 3.59. The Kier molecular flexibility index (Phi) is 4.42. The molecule has 0 amide bonds. The van der Waals surface area contributed by atoms with Gasteiger partial charge in [0.1, 0.15) is 18.5 Å². The SMILES string of the molecule is N#Cc1cnc(N2CCN(CC(F)(F)CO)CC2)cn1. The van der Waals surface area contributed by atoms with Gasteiger partial charge in [0.15, 0.2) is 5.69 Å². The number of nitriles is 1. The Morgan fingerprint density at radius 2 is 1.95 bits per heavy atom. The first-order valence-corrected chi connectivity index (χ1v) is 6.22. The molecule has 0 bridgehead atoms. The van der Waals surface area contributed by atoms with Crippen molar-refractivity contribution in [2.45, 2.75) is 5.92 Å². The van der Waals surface area contributed by atoms with Crippen LogP contribution in [0.1, 0.15) is 5.69 Å². The van der Waals surface area contributed by atoms with Crippen molar-refractivity contribution in [1.29, 1.82) is 5.26 Å². The number of anilines is 1. The Hall–Kier alpha value is -1.85. The zero-order valence-corrected chi connectivity index (χ0v) is 10.8. The number of rotatable bonds is 4. The first-order chi connectivity index (χ1) is 9.54. The fourth-order valence-corrected chi connectivity index (χ4v) is 2.05. The maximum atomic E-state index is 13.1. The molecule has 108 valence electrons. The van der Waals surface area contributed by atoms with Gasteiger partial charge in [-0.25, -0.2) is 18.7 Å². The number of aliphatic hydroxyl groups is 1. The number of alkyl halides is 2. The first-order valence-electron chi connectivity index (χ1n) is 6.22. The van der Waals surface area contributed by atoms with Crippen LogP contribution in [-0.4, -0.2) is 65.2 Å². The molecule has 0 aromatic carbocycles. The van der Waals surface area contributed by atoms with Crippen molar-refractivity contribution in [2.75, 3.05) is 44.2 Å². The van der Waals surface area contributed by atoms with E-state index in [0.29, 0.717) is 32.0 Å². The molecule has 20 heavy (non-hydrogen) atoms. The molecule has 1 aliphatic heterocycles. The van der Waals surface area contributed by atoms with E-state index in [2.05, 4.69) is 9.97 Å². The Labute approximate surface area is 115 Å². The van der Waals surface area contributed by atoms with Crippen molar-refractivity contribution in [2.24, 2.45) is 0 Å². The summed E-state index contributed by atoms with van der Waals surface area (Å²) in [5.74, 6) is -2.42. The van der Waals surface area contributed by atoms with Crippen molar-refractivity contribution in [3.05, 3.63) is 18.1 Å². The molecule has 1 saturated heterocycles. The maximum absolute atomic E-state index is 13.1. The average Bonchev–Trinajstić information content (AvgIpc) is 2.48. The second-order valence-corrected chi connectivity index (χ2v) is 4.65. The smallest absolute Gasteiger partial charge is 0.283 e. The van der Waals surface area contributed by atoms with Gasteiger partial charge in [-0.15, -0.1) is 0 Å². The zero-order chi connectivity index (χ0) is 14.6. The van der Waals surface area contributed by atoms with E-state index in [1.54, 1.807) is 4.90 Å². The predicted octanol–water partition coefficient (Wildman–Crippen LogP) is 0.0979. The minimum atomic E-state index is -3.06. The number of halogens is 2. The number of piperazine rings is 1. The van der Waals surface area contributed by atoms with Crippen LogP contribution in [0.3, 0.4) is 0 Å². The molecule has 2 heterocycles. The summed E-state index contributed by atoms with van der Waals surface area (Å²) in [5.41, 5.74) is 0.245. The van der Waals surface area contributed by atoms with E-state index in [-0.39, 0.29) is 5.69 Å². The van der Waals surface area contributed by atoms with Gasteiger partial charge in [-0.3, -0.25) is 4.90 Å². The Bertz CT molecular complexity index is 480. The minimum Gasteiger partial charge on any atom is -0.390 e. The fourth-order valence-electron chi connectivity index (χ4n) is 2.05. The highest BCUT2D eigenvalue weighted by atomic mass is 19.3. The summed E-state index contributed by atoms with van der Waals surface area (Å²) < 4.78 is 26.2. The predicted molar refractivity (Wildman–Crippen MR) is 67.4 cm³/mol. The summed E-state index contributed by atoms with van der Waals surface area (Å²) in [6.45, 7) is 0.490. The molecule has 1 fully saturated rings. The van der Waals surface area contributed by atoms with Crippen molar-refractivity contribution >= 4 is 5.82 Å². The summed E-state index contributed by atoms with van der Waals surface area (Å²) in [6.07, 6.45) is 2.90. The van der Waals surface area contributed by atoms with Crippen LogP contribution >= 0.6 is 0 Å². The van der Waals surface area contributed by atoms with E-state index < -0.39 is 19.1 Å². The molecule has 0 unspecified atom stereocenters. The normalized spacial score (nSPS) is 17.0. The topological polar surface area (TPSA) is 76.3 Å². The van der Waals surface area contributed by atoms with Crippen LogP contribution < -0.4 is 4.90 Å². The highest BCUT2D eigenvalue weighted by Gasteiger charge is 2.32. The van der Waals surface area contributed by atoms with Crippen molar-refractivity contribution in [3.8, 4) is 6.07 Å². The summed E-state index contributed by atoms with van der Waals surface area (Å²) in [6, 6.07) is 1.89. The Morgan fingerprint density at radius 3 is 2.45 bits per heavy atom. The highest BCUT2D eigenvalue weighted by Crippen LogP contribution is 2.17. The van der Waals surface area contributed by atoms with Gasteiger partial charge in [-0.05, 0) is 0 Å². The molecule has 1 N–H and O–H groups in total. The molecule has 0 saturated carbocycles. The van der Waals surface area contributed by atoms with Crippen molar-refractivity contribution < 1.29 is 13.9 Å². The van der Waals surface area contributed by atoms with Gasteiger partial charge >= 0.3 is 0 Å². The lowest BCUT2D eigenvalue weighted by atomic mass is 10.2. The van der Waals surface area contributed by atoms with Crippen LogP contribution in [0.5, 0.6) is 0 Å². The van der Waals surface area contributed by atoms with Crippen LogP contribution in [0, 0.1) is 11.3 Å². The molecule has 8 heteroatoms.